The summed E-state index contributed by atoms with van der Waals surface area (Å²) in [6.45, 7) is 1.91. The number of aromatic nitrogens is 2. The Balaban J connectivity index is 0.00000140. The quantitative estimate of drug-likeness (QED) is 0.472. The van der Waals surface area contributed by atoms with Crippen LogP contribution >= 0.6 is 0 Å². The van der Waals surface area contributed by atoms with Crippen molar-refractivity contribution in [2.24, 2.45) is 0 Å². The number of aryl methyl sites for hydroxylation is 1. The average Bonchev–Trinajstić information content (AvgIpc) is 3.06. The monoisotopic (exact) mass is 460 g/mol. The number of rotatable bonds is 4. The normalized spacial score (nSPS) is 10.8. The molecule has 0 amide bonds. The minimum absolute atomic E-state index is 0. The maximum atomic E-state index is 12.7. The van der Waals surface area contributed by atoms with Crippen LogP contribution in [0.1, 0.15) is 5.56 Å². The summed E-state index contributed by atoms with van der Waals surface area (Å²) in [7, 11) is -3.81. The fraction of sp³-hybridized carbons (Fsp3) is 0.0500. The van der Waals surface area contributed by atoms with Crippen LogP contribution in [-0.2, 0) is 27.1 Å². The average molecular weight is 461 g/mol. The van der Waals surface area contributed by atoms with Crippen LogP contribution in [0.25, 0.3) is 27.1 Å². The maximum Gasteiger partial charge on any atom is 2.00 e. The van der Waals surface area contributed by atoms with Crippen LogP contribution in [0.2, 0.25) is 0 Å². The van der Waals surface area contributed by atoms with Crippen LogP contribution in [0.15, 0.2) is 77.7 Å². The van der Waals surface area contributed by atoms with E-state index in [1.807, 2.05) is 37.3 Å². The van der Waals surface area contributed by atoms with E-state index in [0.29, 0.717) is 17.1 Å². The van der Waals surface area contributed by atoms with E-state index < -0.39 is 10.0 Å². The minimum atomic E-state index is -3.81. The summed E-state index contributed by atoms with van der Waals surface area (Å²) >= 11 is 0. The molecule has 0 spiro atoms. The molecule has 0 aliphatic rings. The summed E-state index contributed by atoms with van der Waals surface area (Å²) in [4.78, 5) is 7.94. The number of fused-ring (bicyclic) bond motifs is 1. The SMILES string of the molecule is Cc1ccc(S(=O)(=O)[N-]c2ccccc2-c2nc3ccccc3[nH]2)cc1.[Cl-].[Cu+2]. The second-order valence-electron chi connectivity index (χ2n) is 6.00. The van der Waals surface area contributed by atoms with Gasteiger partial charge in [0.25, 0.3) is 0 Å². The number of para-hydroxylation sites is 2. The molecule has 0 bridgehead atoms. The number of hydrogen-bond donors (Lipinski definition) is 1. The van der Waals surface area contributed by atoms with Gasteiger partial charge in [-0.25, -0.2) is 13.4 Å². The van der Waals surface area contributed by atoms with E-state index in [4.69, 9.17) is 0 Å². The van der Waals surface area contributed by atoms with Gasteiger partial charge in [-0.2, -0.15) is 0 Å². The maximum absolute atomic E-state index is 12.7. The molecule has 28 heavy (non-hydrogen) atoms. The van der Waals surface area contributed by atoms with E-state index in [1.165, 1.54) is 0 Å². The van der Waals surface area contributed by atoms with E-state index in [0.717, 1.165) is 16.6 Å². The molecule has 4 aromatic rings. The number of aromatic amines is 1. The molecular formula is C20H16ClCuN3O2S. The van der Waals surface area contributed by atoms with Crippen molar-refractivity contribution < 1.29 is 37.9 Å². The zero-order valence-corrected chi connectivity index (χ0v) is 17.2. The number of benzene rings is 3. The third kappa shape index (κ3) is 4.39. The summed E-state index contributed by atoms with van der Waals surface area (Å²) in [6.07, 6.45) is 0. The van der Waals surface area contributed by atoms with Crippen molar-refractivity contribution in [1.29, 1.82) is 0 Å². The number of halogens is 1. The summed E-state index contributed by atoms with van der Waals surface area (Å²) in [5.41, 5.74) is 3.69. The first-order valence-corrected chi connectivity index (χ1v) is 9.56. The van der Waals surface area contributed by atoms with Crippen LogP contribution in [0.3, 0.4) is 0 Å². The Morgan fingerprint density at radius 1 is 0.893 bits per heavy atom. The predicted molar refractivity (Wildman–Crippen MR) is 103 cm³/mol. The van der Waals surface area contributed by atoms with Crippen LogP contribution < -0.4 is 12.4 Å². The van der Waals surface area contributed by atoms with Gasteiger partial charge in [0.05, 0.1) is 15.9 Å². The van der Waals surface area contributed by atoms with Gasteiger partial charge in [-0.05, 0) is 31.2 Å². The Morgan fingerprint density at radius 3 is 2.25 bits per heavy atom. The van der Waals surface area contributed by atoms with Crippen molar-refractivity contribution in [3.63, 3.8) is 0 Å². The van der Waals surface area contributed by atoms with E-state index in [9.17, 15) is 8.42 Å². The molecular weight excluding hydrogens is 445 g/mol. The molecule has 147 valence electrons. The van der Waals surface area contributed by atoms with Crippen molar-refractivity contribution in [2.75, 3.05) is 0 Å². The number of nitrogens with zero attached hydrogens (tertiary/aromatic N) is 2. The molecule has 1 heterocycles. The van der Waals surface area contributed by atoms with Crippen molar-refractivity contribution >= 4 is 26.7 Å². The van der Waals surface area contributed by atoms with Crippen LogP contribution in [0.5, 0.6) is 0 Å². The van der Waals surface area contributed by atoms with Crippen molar-refractivity contribution in [1.82, 2.24) is 9.97 Å². The molecule has 0 fully saturated rings. The minimum Gasteiger partial charge on any atom is -1.00 e. The smallest absolute Gasteiger partial charge is 1.00 e. The van der Waals surface area contributed by atoms with E-state index in [1.54, 1.807) is 42.5 Å². The molecule has 0 saturated carbocycles. The Bertz CT molecular complexity index is 1160. The standard InChI is InChI=1S/C20H16N3O2S.ClH.Cu/c1-14-10-12-15(13-11-14)26(24,25)23-17-7-3-2-6-16(17)20-21-18-8-4-5-9-19(18)22-20;;/h2-13H,1H3,(H,21,22);1H;/q-1;;+2/p-1. The molecule has 1 radical (unpaired) electrons. The molecule has 3 aromatic carbocycles. The Kier molecular flexibility index (Phi) is 6.91. The third-order valence-corrected chi connectivity index (χ3v) is 5.39. The van der Waals surface area contributed by atoms with Gasteiger partial charge >= 0.3 is 17.1 Å². The fourth-order valence-corrected chi connectivity index (χ4v) is 3.73. The van der Waals surface area contributed by atoms with Crippen LogP contribution in [0, 0.1) is 6.92 Å². The summed E-state index contributed by atoms with van der Waals surface area (Å²) in [6, 6.07) is 21.4. The largest absolute Gasteiger partial charge is 2.00 e. The van der Waals surface area contributed by atoms with Gasteiger partial charge in [0.15, 0.2) is 0 Å². The number of nitrogens with one attached hydrogen (secondary N) is 1. The van der Waals surface area contributed by atoms with Gasteiger partial charge < -0.3 is 22.1 Å². The molecule has 0 atom stereocenters. The van der Waals surface area contributed by atoms with Gasteiger partial charge in [0.1, 0.15) is 15.8 Å². The number of H-pyrrole nitrogens is 1. The zero-order valence-electron chi connectivity index (χ0n) is 14.7. The van der Waals surface area contributed by atoms with Crippen molar-refractivity contribution in [3.05, 3.63) is 83.1 Å². The number of hydrogen-bond acceptors (Lipinski definition) is 3. The summed E-state index contributed by atoms with van der Waals surface area (Å²) < 4.78 is 29.4. The van der Waals surface area contributed by atoms with E-state index in [2.05, 4.69) is 14.7 Å². The number of imidazole rings is 1. The van der Waals surface area contributed by atoms with E-state index in [-0.39, 0.29) is 34.4 Å². The second kappa shape index (κ2) is 8.80. The Hall–Kier alpha value is -2.31. The zero-order chi connectivity index (χ0) is 18.1. The molecule has 1 aromatic heterocycles. The van der Waals surface area contributed by atoms with Crippen molar-refractivity contribution in [2.45, 2.75) is 11.8 Å². The molecule has 0 unspecified atom stereocenters. The summed E-state index contributed by atoms with van der Waals surface area (Å²) in [5, 5.41) is 0. The second-order valence-corrected chi connectivity index (χ2v) is 7.60. The van der Waals surface area contributed by atoms with Crippen LogP contribution in [0.4, 0.5) is 5.69 Å². The molecule has 0 aliphatic heterocycles. The van der Waals surface area contributed by atoms with Crippen molar-refractivity contribution in [3.8, 4) is 11.4 Å². The van der Waals surface area contributed by atoms with Crippen LogP contribution in [-0.4, -0.2) is 18.4 Å². The third-order valence-electron chi connectivity index (χ3n) is 4.09. The topological polar surface area (TPSA) is 76.9 Å². The van der Waals surface area contributed by atoms with E-state index >= 15 is 0 Å². The van der Waals surface area contributed by atoms with Gasteiger partial charge in [-0.1, -0.05) is 54.1 Å². The number of sulfonamides is 1. The molecule has 4 rings (SSSR count). The first-order valence-electron chi connectivity index (χ1n) is 8.12. The predicted octanol–water partition coefficient (Wildman–Crippen LogP) is 1.93. The first kappa shape index (κ1) is 22.0. The Labute approximate surface area is 180 Å². The van der Waals surface area contributed by atoms with Gasteiger partial charge in [-0.15, -0.1) is 5.69 Å². The summed E-state index contributed by atoms with van der Waals surface area (Å²) in [5.74, 6) is 0.588. The molecule has 1 N–H and O–H groups in total. The molecule has 0 aliphatic carbocycles. The fourth-order valence-electron chi connectivity index (χ4n) is 2.73. The molecule has 8 heteroatoms. The van der Waals surface area contributed by atoms with Gasteiger partial charge in [0.2, 0.25) is 0 Å². The Morgan fingerprint density at radius 2 is 1.54 bits per heavy atom. The first-order chi connectivity index (χ1) is 12.5. The van der Waals surface area contributed by atoms with Gasteiger partial charge in [0, 0.05) is 5.56 Å². The van der Waals surface area contributed by atoms with Gasteiger partial charge in [-0.3, -0.25) is 0 Å². The molecule has 0 saturated heterocycles. The molecule has 5 nitrogen and oxygen atoms in total.